The fourth-order valence-corrected chi connectivity index (χ4v) is 11.9. The second-order valence-electron chi connectivity index (χ2n) is 15.8. The molecule has 10 nitrogen and oxygen atoms in total. The van der Waals surface area contributed by atoms with Gasteiger partial charge in [0, 0.05) is 25.9 Å². The lowest BCUT2D eigenvalue weighted by Gasteiger charge is -2.29. The highest BCUT2D eigenvalue weighted by atomic mass is 32.2. The molecule has 0 bridgehead atoms. The van der Waals surface area contributed by atoms with Crippen molar-refractivity contribution < 1.29 is 31.1 Å². The number of carbonyl (C=O) groups is 1. The van der Waals surface area contributed by atoms with Crippen molar-refractivity contribution in [1.82, 2.24) is 14.6 Å². The Hall–Kier alpha value is -4.30. The molecule has 5 aromatic rings. The van der Waals surface area contributed by atoms with Crippen molar-refractivity contribution in [3.63, 3.8) is 0 Å². The van der Waals surface area contributed by atoms with E-state index in [0.717, 1.165) is 58.9 Å². The normalized spacial score (nSPS) is 13.0. The third kappa shape index (κ3) is 13.3. The lowest BCUT2D eigenvalue weighted by atomic mass is 9.98. The molecular weight excluding hydrogens is 827 g/mol. The van der Waals surface area contributed by atoms with Gasteiger partial charge in [0.25, 0.3) is 0 Å². The average molecular weight is 890 g/mol. The van der Waals surface area contributed by atoms with Crippen LogP contribution in [0.5, 0.6) is 11.5 Å². The minimum Gasteiger partial charge on any atom is -0.497 e. The maximum absolute atomic E-state index is 14.6. The first-order valence-electron chi connectivity index (χ1n) is 21.6. The molecule has 5 rings (SSSR count). The number of unbranched alkanes of at least 4 members (excludes halogenated alkanes) is 11. The van der Waals surface area contributed by atoms with Gasteiger partial charge in [-0.2, -0.15) is 4.31 Å². The Kier molecular flexibility index (Phi) is 18.2. The molecule has 13 heteroatoms. The largest absolute Gasteiger partial charge is 0.497 e. The van der Waals surface area contributed by atoms with Crippen molar-refractivity contribution in [2.24, 2.45) is 0 Å². The molecule has 1 atom stereocenters. The first-order chi connectivity index (χ1) is 29.4. The van der Waals surface area contributed by atoms with E-state index < -0.39 is 36.3 Å². The number of ether oxygens (including phenoxy) is 2. The van der Waals surface area contributed by atoms with Crippen molar-refractivity contribution in [3.8, 4) is 22.6 Å². The number of aromatic nitrogens is 1. The first-order valence-corrected chi connectivity index (χ1v) is 25.9. The van der Waals surface area contributed by atoms with E-state index in [-0.39, 0.29) is 31.1 Å². The van der Waals surface area contributed by atoms with Gasteiger partial charge in [0.15, 0.2) is 9.84 Å². The van der Waals surface area contributed by atoms with Gasteiger partial charge in [-0.15, -0.1) is 11.3 Å². The summed E-state index contributed by atoms with van der Waals surface area (Å²) in [6, 6.07) is 30.0. The summed E-state index contributed by atoms with van der Waals surface area (Å²) in [6.45, 7) is 2.10. The predicted molar refractivity (Wildman–Crippen MR) is 249 cm³/mol. The lowest BCUT2D eigenvalue weighted by molar-refractivity contribution is -0.124. The van der Waals surface area contributed by atoms with Gasteiger partial charge in [0.05, 0.1) is 30.2 Å². The molecule has 0 saturated heterocycles. The Morgan fingerprint density at radius 1 is 0.689 bits per heavy atom. The Morgan fingerprint density at radius 2 is 1.21 bits per heavy atom. The minimum absolute atomic E-state index is 0.0360. The Balaban J connectivity index is 1.35. The molecule has 1 aromatic heterocycles. The summed E-state index contributed by atoms with van der Waals surface area (Å²) in [4.78, 5) is 19.4. The SMILES string of the molecule is CCCCCCCCCCCCCCC(C(=O)NCCS(=O)(=O)N(Cc1ccc(OC)cc1)Cc1ccc(OC)cc1)(c1nc2ccc(-c3ccccc3)cc2s1)S(C)(=O)=O. The lowest BCUT2D eigenvalue weighted by Crippen LogP contribution is -2.51. The van der Waals surface area contributed by atoms with Crippen LogP contribution in [0.4, 0.5) is 0 Å². The summed E-state index contributed by atoms with van der Waals surface area (Å²) < 4.78 is 67.3. The van der Waals surface area contributed by atoms with Gasteiger partial charge in [-0.25, -0.2) is 21.8 Å². The van der Waals surface area contributed by atoms with E-state index in [1.54, 1.807) is 38.5 Å². The Bertz CT molecular complexity index is 2280. The van der Waals surface area contributed by atoms with Crippen molar-refractivity contribution in [1.29, 1.82) is 0 Å². The molecule has 0 spiro atoms. The quantitative estimate of drug-likeness (QED) is 0.0516. The summed E-state index contributed by atoms with van der Waals surface area (Å²) in [5.74, 6) is 0.105. The molecule has 0 aliphatic rings. The fraction of sp³-hybridized carbons (Fsp3) is 0.458. The highest BCUT2D eigenvalue weighted by Gasteiger charge is 2.52. The van der Waals surface area contributed by atoms with E-state index >= 15 is 0 Å². The van der Waals surface area contributed by atoms with Gasteiger partial charge in [0.1, 0.15) is 16.5 Å². The number of carbonyl (C=O) groups excluding carboxylic acids is 1. The maximum Gasteiger partial charge on any atom is 0.248 e. The van der Waals surface area contributed by atoms with Crippen LogP contribution in [-0.4, -0.2) is 64.8 Å². The van der Waals surface area contributed by atoms with Gasteiger partial charge in [-0.05, 0) is 65.1 Å². The summed E-state index contributed by atoms with van der Waals surface area (Å²) in [5, 5.41) is 2.98. The van der Waals surface area contributed by atoms with E-state index in [9.17, 15) is 21.6 Å². The molecule has 0 aliphatic carbocycles. The number of thiazole rings is 1. The van der Waals surface area contributed by atoms with Crippen LogP contribution < -0.4 is 14.8 Å². The van der Waals surface area contributed by atoms with E-state index in [4.69, 9.17) is 14.5 Å². The van der Waals surface area contributed by atoms with Crippen LogP contribution in [-0.2, 0) is 42.5 Å². The number of rotatable bonds is 27. The van der Waals surface area contributed by atoms with Crippen molar-refractivity contribution in [3.05, 3.63) is 113 Å². The minimum atomic E-state index is -4.12. The van der Waals surface area contributed by atoms with E-state index in [2.05, 4.69) is 12.2 Å². The molecule has 0 radical (unpaired) electrons. The number of methoxy groups -OCH3 is 2. The van der Waals surface area contributed by atoms with Gasteiger partial charge in [-0.1, -0.05) is 145 Å². The molecule has 1 amide bonds. The molecule has 0 saturated carbocycles. The molecule has 1 heterocycles. The smallest absolute Gasteiger partial charge is 0.248 e. The fourth-order valence-electron chi connectivity index (χ4n) is 7.64. The Morgan fingerprint density at radius 3 is 1.72 bits per heavy atom. The first kappa shape index (κ1) is 47.7. The molecule has 4 aromatic carbocycles. The topological polar surface area (TPSA) is 132 Å². The summed E-state index contributed by atoms with van der Waals surface area (Å²) in [5.41, 5.74) is 4.08. The summed E-state index contributed by atoms with van der Waals surface area (Å²) in [7, 11) is -4.97. The van der Waals surface area contributed by atoms with Gasteiger partial charge < -0.3 is 14.8 Å². The molecule has 0 fully saturated rings. The zero-order chi connectivity index (χ0) is 43.7. The van der Waals surface area contributed by atoms with Gasteiger partial charge >= 0.3 is 0 Å². The predicted octanol–water partition coefficient (Wildman–Crippen LogP) is 10.5. The van der Waals surface area contributed by atoms with Crippen LogP contribution >= 0.6 is 11.3 Å². The third-order valence-electron chi connectivity index (χ3n) is 11.3. The van der Waals surface area contributed by atoms with Crippen molar-refractivity contribution >= 4 is 47.3 Å². The molecule has 61 heavy (non-hydrogen) atoms. The molecule has 330 valence electrons. The highest BCUT2D eigenvalue weighted by molar-refractivity contribution is 7.92. The third-order valence-corrected chi connectivity index (χ3v) is 16.2. The molecule has 1 unspecified atom stereocenters. The van der Waals surface area contributed by atoms with Crippen molar-refractivity contribution in [2.45, 2.75) is 108 Å². The second kappa shape index (κ2) is 23.2. The monoisotopic (exact) mass is 889 g/mol. The number of hydrogen-bond donors (Lipinski definition) is 1. The molecular formula is C48H63N3O7S3. The molecule has 1 N–H and O–H groups in total. The maximum atomic E-state index is 14.6. The zero-order valence-corrected chi connectivity index (χ0v) is 38.7. The summed E-state index contributed by atoms with van der Waals surface area (Å²) >= 11 is 1.21. The number of fused-ring (bicyclic) bond motifs is 1. The number of sulfone groups is 1. The van der Waals surface area contributed by atoms with Crippen LogP contribution in [0, 0.1) is 0 Å². The van der Waals surface area contributed by atoms with Crippen LogP contribution in [0.15, 0.2) is 97.1 Å². The van der Waals surface area contributed by atoms with E-state index in [1.165, 1.54) is 60.6 Å². The number of sulfonamides is 1. The number of benzene rings is 4. The van der Waals surface area contributed by atoms with Crippen molar-refractivity contribution in [2.75, 3.05) is 32.8 Å². The Labute approximate surface area is 368 Å². The number of amides is 1. The van der Waals surface area contributed by atoms with Gasteiger partial charge in [0.2, 0.25) is 20.7 Å². The number of nitrogens with one attached hydrogen (secondary N) is 1. The standard InChI is InChI=1S/C48H63N3O7S3/c1-5-6-7-8-9-10-11-12-13-14-15-19-32-48(60(4,53)54,47-50-44-31-26-41(35-45(44)59-47)40-20-17-16-18-21-40)46(52)49-33-34-61(55,56)51(36-38-22-27-42(57-2)28-23-38)37-39-24-29-43(58-3)30-25-39/h16-18,20-31,35H,5-15,19,32-34,36-37H2,1-4H3,(H,49,52). The number of nitrogens with zero attached hydrogens (tertiary/aromatic N) is 2. The van der Waals surface area contributed by atoms with Crippen LogP contribution in [0.1, 0.15) is 107 Å². The van der Waals surface area contributed by atoms with Gasteiger partial charge in [-0.3, -0.25) is 4.79 Å². The summed E-state index contributed by atoms with van der Waals surface area (Å²) in [6.07, 6.45) is 14.4. The molecule has 0 aliphatic heterocycles. The van der Waals surface area contributed by atoms with E-state index in [0.29, 0.717) is 23.4 Å². The average Bonchev–Trinajstić information content (AvgIpc) is 3.69. The number of hydrogen-bond acceptors (Lipinski definition) is 9. The van der Waals surface area contributed by atoms with Crippen LogP contribution in [0.3, 0.4) is 0 Å². The van der Waals surface area contributed by atoms with E-state index in [1.807, 2.05) is 72.8 Å². The van der Waals surface area contributed by atoms with Crippen LogP contribution in [0.25, 0.3) is 21.3 Å². The van der Waals surface area contributed by atoms with Crippen LogP contribution in [0.2, 0.25) is 0 Å². The highest BCUT2D eigenvalue weighted by Crippen LogP contribution is 2.41. The zero-order valence-electron chi connectivity index (χ0n) is 36.2. The second-order valence-corrected chi connectivity index (χ2v) is 21.2.